The van der Waals surface area contributed by atoms with Crippen molar-refractivity contribution in [3.63, 3.8) is 0 Å². The monoisotopic (exact) mass is 482 g/mol. The lowest BCUT2D eigenvalue weighted by Gasteiger charge is -2.42. The van der Waals surface area contributed by atoms with Gasteiger partial charge >= 0.3 is 0 Å². The van der Waals surface area contributed by atoms with Crippen LogP contribution < -0.4 is 5.56 Å². The molecule has 0 saturated heterocycles. The fourth-order valence-corrected chi connectivity index (χ4v) is 6.91. The molecule has 2 aromatic carbocycles. The number of nitrogens with zero attached hydrogens (tertiary/aromatic N) is 2. The minimum atomic E-state index is -0.107. The van der Waals surface area contributed by atoms with E-state index in [1.807, 2.05) is 22.8 Å². The van der Waals surface area contributed by atoms with Crippen LogP contribution in [0.5, 0.6) is 0 Å². The molecule has 178 valence electrons. The Hall–Kier alpha value is -3.05. The topological polar surface area (TPSA) is 48.0 Å². The lowest BCUT2D eigenvalue weighted by molar-refractivity contribution is 0.282. The summed E-state index contributed by atoms with van der Waals surface area (Å²) < 4.78 is 7.53. The number of thioether (sulfide) groups is 1. The molecule has 5 heteroatoms. The summed E-state index contributed by atoms with van der Waals surface area (Å²) in [6.07, 6.45) is 9.26. The van der Waals surface area contributed by atoms with Gasteiger partial charge in [-0.3, -0.25) is 9.36 Å². The Balaban J connectivity index is 1.47. The second-order valence-electron chi connectivity index (χ2n) is 9.85. The van der Waals surface area contributed by atoms with Gasteiger partial charge in [-0.1, -0.05) is 85.6 Å². The molecule has 0 radical (unpaired) electrons. The summed E-state index contributed by atoms with van der Waals surface area (Å²) in [5.74, 6) is 1.65. The summed E-state index contributed by atoms with van der Waals surface area (Å²) in [5.41, 5.74) is 5.62. The zero-order valence-corrected chi connectivity index (χ0v) is 20.7. The number of rotatable bonds is 6. The van der Waals surface area contributed by atoms with Crippen molar-refractivity contribution < 1.29 is 4.42 Å². The quantitative estimate of drug-likeness (QED) is 0.228. The van der Waals surface area contributed by atoms with Gasteiger partial charge in [0.05, 0.1) is 24.1 Å². The first kappa shape index (κ1) is 22.4. The number of aryl methyl sites for hydroxylation is 1. The summed E-state index contributed by atoms with van der Waals surface area (Å²) in [6.45, 7) is 0.414. The van der Waals surface area contributed by atoms with E-state index in [-0.39, 0.29) is 11.0 Å². The minimum absolute atomic E-state index is 0.107. The Kier molecular flexibility index (Phi) is 6.11. The van der Waals surface area contributed by atoms with E-state index in [9.17, 15) is 4.79 Å². The van der Waals surface area contributed by atoms with E-state index in [0.717, 1.165) is 59.2 Å². The number of benzene rings is 2. The Morgan fingerprint density at radius 2 is 1.74 bits per heavy atom. The molecule has 35 heavy (non-hydrogen) atoms. The normalized spacial score (nSPS) is 16.1. The summed E-state index contributed by atoms with van der Waals surface area (Å²) in [7, 11) is 0. The molecule has 0 aliphatic heterocycles. The standard InChI is InChI=1S/C30H30N2O2S/c33-28-26-27(25-14-6-5-12-23(25)20-30(26)16-7-2-8-17-30)31-29(32(28)21-24-13-9-18-34-24)35-19-15-22-10-3-1-4-11-22/h1,3-6,9-14,18H,2,7-8,15-17,19-21H2. The molecular weight excluding hydrogens is 452 g/mol. The van der Waals surface area contributed by atoms with Crippen LogP contribution in [-0.4, -0.2) is 15.3 Å². The highest BCUT2D eigenvalue weighted by atomic mass is 32.2. The molecule has 1 fully saturated rings. The van der Waals surface area contributed by atoms with E-state index < -0.39 is 0 Å². The Morgan fingerprint density at radius 1 is 0.943 bits per heavy atom. The second kappa shape index (κ2) is 9.54. The highest BCUT2D eigenvalue weighted by Crippen LogP contribution is 2.48. The highest BCUT2D eigenvalue weighted by molar-refractivity contribution is 7.99. The van der Waals surface area contributed by atoms with E-state index in [1.165, 1.54) is 30.4 Å². The van der Waals surface area contributed by atoms with E-state index in [4.69, 9.17) is 9.40 Å². The minimum Gasteiger partial charge on any atom is -0.467 e. The molecule has 0 unspecified atom stereocenters. The fraction of sp³-hybridized carbons (Fsp3) is 0.333. The van der Waals surface area contributed by atoms with E-state index in [2.05, 4.69) is 48.5 Å². The molecule has 0 atom stereocenters. The number of hydrogen-bond donors (Lipinski definition) is 0. The number of aromatic nitrogens is 2. The third kappa shape index (κ3) is 4.27. The van der Waals surface area contributed by atoms with Crippen LogP contribution in [0.25, 0.3) is 11.3 Å². The van der Waals surface area contributed by atoms with Crippen LogP contribution in [-0.2, 0) is 24.8 Å². The SMILES string of the molecule is O=c1c2c(nc(SCCc3ccccc3)n1Cc1ccco1)-c1ccccc1CC21CCCCC1. The average Bonchev–Trinajstić information content (AvgIpc) is 3.40. The first-order chi connectivity index (χ1) is 17.2. The molecule has 4 aromatic rings. The second-order valence-corrected chi connectivity index (χ2v) is 10.9. The van der Waals surface area contributed by atoms with E-state index in [0.29, 0.717) is 6.54 Å². The third-order valence-corrected chi connectivity index (χ3v) is 8.61. The van der Waals surface area contributed by atoms with Crippen molar-refractivity contribution in [2.45, 2.75) is 62.1 Å². The Morgan fingerprint density at radius 3 is 2.54 bits per heavy atom. The van der Waals surface area contributed by atoms with Crippen LogP contribution in [0.4, 0.5) is 0 Å². The van der Waals surface area contributed by atoms with Crippen LogP contribution in [0.2, 0.25) is 0 Å². The van der Waals surface area contributed by atoms with Gasteiger partial charge in [0.1, 0.15) is 5.76 Å². The number of fused-ring (bicyclic) bond motifs is 4. The van der Waals surface area contributed by atoms with Gasteiger partial charge in [0.25, 0.3) is 5.56 Å². The lowest BCUT2D eigenvalue weighted by atomic mass is 9.62. The van der Waals surface area contributed by atoms with Gasteiger partial charge in [0, 0.05) is 16.7 Å². The fourth-order valence-electron chi connectivity index (χ4n) is 5.93. The van der Waals surface area contributed by atoms with Gasteiger partial charge in [0.15, 0.2) is 5.16 Å². The predicted octanol–water partition coefficient (Wildman–Crippen LogP) is 6.64. The molecule has 2 aliphatic carbocycles. The van der Waals surface area contributed by atoms with Crippen LogP contribution in [0.1, 0.15) is 54.6 Å². The molecule has 2 aromatic heterocycles. The van der Waals surface area contributed by atoms with Crippen molar-refractivity contribution in [2.75, 3.05) is 5.75 Å². The van der Waals surface area contributed by atoms with E-state index >= 15 is 0 Å². The Labute approximate surface area is 210 Å². The van der Waals surface area contributed by atoms with Crippen LogP contribution in [0, 0.1) is 0 Å². The summed E-state index contributed by atoms with van der Waals surface area (Å²) in [5, 5.41) is 0.781. The van der Waals surface area contributed by atoms with Gasteiger partial charge < -0.3 is 4.42 Å². The molecule has 0 N–H and O–H groups in total. The molecule has 2 aliphatic rings. The van der Waals surface area contributed by atoms with Gasteiger partial charge in [-0.15, -0.1) is 0 Å². The van der Waals surface area contributed by atoms with Gasteiger partial charge in [-0.25, -0.2) is 4.98 Å². The molecule has 1 saturated carbocycles. The first-order valence-corrected chi connectivity index (χ1v) is 13.6. The molecular formula is C30H30N2O2S. The maximum Gasteiger partial charge on any atom is 0.258 e. The molecule has 6 rings (SSSR count). The largest absolute Gasteiger partial charge is 0.467 e. The molecule has 0 bridgehead atoms. The van der Waals surface area contributed by atoms with Crippen molar-refractivity contribution in [1.82, 2.24) is 9.55 Å². The molecule has 0 amide bonds. The maximum atomic E-state index is 14.3. The molecule has 2 heterocycles. The van der Waals surface area contributed by atoms with Crippen LogP contribution in [0.15, 0.2) is 87.4 Å². The van der Waals surface area contributed by atoms with Crippen LogP contribution >= 0.6 is 11.8 Å². The highest BCUT2D eigenvalue weighted by Gasteiger charge is 2.43. The van der Waals surface area contributed by atoms with Crippen molar-refractivity contribution in [3.8, 4) is 11.3 Å². The van der Waals surface area contributed by atoms with Gasteiger partial charge in [-0.2, -0.15) is 0 Å². The average molecular weight is 483 g/mol. The summed E-state index contributed by atoms with van der Waals surface area (Å²) in [6, 6.07) is 22.9. The van der Waals surface area contributed by atoms with Gasteiger partial charge in [-0.05, 0) is 48.9 Å². The molecule has 1 spiro atoms. The zero-order valence-electron chi connectivity index (χ0n) is 19.9. The molecule has 4 nitrogen and oxygen atoms in total. The van der Waals surface area contributed by atoms with Crippen molar-refractivity contribution >= 4 is 11.8 Å². The van der Waals surface area contributed by atoms with Crippen molar-refractivity contribution in [3.05, 3.63) is 106 Å². The van der Waals surface area contributed by atoms with Crippen molar-refractivity contribution in [2.24, 2.45) is 0 Å². The number of hydrogen-bond acceptors (Lipinski definition) is 4. The maximum absolute atomic E-state index is 14.3. The summed E-state index contributed by atoms with van der Waals surface area (Å²) in [4.78, 5) is 19.6. The zero-order chi connectivity index (χ0) is 23.7. The van der Waals surface area contributed by atoms with E-state index in [1.54, 1.807) is 18.0 Å². The van der Waals surface area contributed by atoms with Crippen molar-refractivity contribution in [1.29, 1.82) is 0 Å². The summed E-state index contributed by atoms with van der Waals surface area (Å²) >= 11 is 1.67. The van der Waals surface area contributed by atoms with Gasteiger partial charge in [0.2, 0.25) is 0 Å². The Bertz CT molecular complexity index is 1370. The lowest BCUT2D eigenvalue weighted by Crippen LogP contribution is -2.43. The smallest absolute Gasteiger partial charge is 0.258 e. The third-order valence-electron chi connectivity index (χ3n) is 7.64. The number of furan rings is 1. The first-order valence-electron chi connectivity index (χ1n) is 12.7. The predicted molar refractivity (Wildman–Crippen MR) is 141 cm³/mol. The van der Waals surface area contributed by atoms with Crippen LogP contribution in [0.3, 0.4) is 0 Å².